The van der Waals surface area contributed by atoms with Gasteiger partial charge in [0.15, 0.2) is 0 Å². The van der Waals surface area contributed by atoms with Crippen molar-refractivity contribution in [2.45, 2.75) is 13.5 Å². The number of hydrogen-bond donors (Lipinski definition) is 1. The first-order chi connectivity index (χ1) is 9.19. The van der Waals surface area contributed by atoms with Crippen LogP contribution in [0.3, 0.4) is 0 Å². The maximum absolute atomic E-state index is 13.3. The van der Waals surface area contributed by atoms with Crippen molar-refractivity contribution in [3.8, 4) is 11.5 Å². The van der Waals surface area contributed by atoms with Gasteiger partial charge >= 0.3 is 0 Å². The average Bonchev–Trinajstić information content (AvgIpc) is 2.36. The molecule has 0 amide bonds. The van der Waals surface area contributed by atoms with Crippen LogP contribution in [0.4, 0.5) is 4.39 Å². The van der Waals surface area contributed by atoms with Crippen molar-refractivity contribution >= 4 is 15.9 Å². The van der Waals surface area contributed by atoms with Crippen LogP contribution in [0.5, 0.6) is 11.5 Å². The first kappa shape index (κ1) is 14.0. The van der Waals surface area contributed by atoms with Gasteiger partial charge in [-0.15, -0.1) is 0 Å². The molecule has 1 aromatic heterocycles. The second kappa shape index (κ2) is 6.63. The zero-order chi connectivity index (χ0) is 13.7. The second-order valence-electron chi connectivity index (χ2n) is 3.97. The lowest BCUT2D eigenvalue weighted by Crippen LogP contribution is -2.12. The summed E-state index contributed by atoms with van der Waals surface area (Å²) in [6.45, 7) is 3.55. The largest absolute Gasteiger partial charge is 0.457 e. The van der Waals surface area contributed by atoms with Crippen LogP contribution in [0.1, 0.15) is 12.5 Å². The molecule has 2 aromatic rings. The highest BCUT2D eigenvalue weighted by atomic mass is 79.9. The standard InChI is InChI=1S/C14H14BrFN2O/c1-2-17-8-10-9-18-4-3-14(10)19-13-6-11(15)5-12(16)7-13/h3-7,9,17H,2,8H2,1H3. The summed E-state index contributed by atoms with van der Waals surface area (Å²) in [5, 5.41) is 3.21. The summed E-state index contributed by atoms with van der Waals surface area (Å²) < 4.78 is 19.7. The molecule has 100 valence electrons. The number of aromatic nitrogens is 1. The van der Waals surface area contributed by atoms with Crippen molar-refractivity contribution in [3.05, 3.63) is 52.5 Å². The average molecular weight is 325 g/mol. The Morgan fingerprint density at radius 2 is 2.21 bits per heavy atom. The van der Waals surface area contributed by atoms with Gasteiger partial charge in [0.05, 0.1) is 0 Å². The van der Waals surface area contributed by atoms with E-state index >= 15 is 0 Å². The van der Waals surface area contributed by atoms with E-state index in [4.69, 9.17) is 4.74 Å². The van der Waals surface area contributed by atoms with Crippen molar-refractivity contribution < 1.29 is 9.13 Å². The van der Waals surface area contributed by atoms with Crippen LogP contribution < -0.4 is 10.1 Å². The molecule has 0 fully saturated rings. The van der Waals surface area contributed by atoms with Crippen LogP contribution in [0.2, 0.25) is 0 Å². The summed E-state index contributed by atoms with van der Waals surface area (Å²) >= 11 is 3.24. The Balaban J connectivity index is 2.22. The highest BCUT2D eigenvalue weighted by Gasteiger charge is 2.06. The molecule has 1 aromatic carbocycles. The lowest BCUT2D eigenvalue weighted by molar-refractivity contribution is 0.466. The zero-order valence-corrected chi connectivity index (χ0v) is 12.1. The lowest BCUT2D eigenvalue weighted by Gasteiger charge is -2.11. The van der Waals surface area contributed by atoms with Gasteiger partial charge in [-0.05, 0) is 24.7 Å². The summed E-state index contributed by atoms with van der Waals surface area (Å²) in [6.07, 6.45) is 3.39. The summed E-state index contributed by atoms with van der Waals surface area (Å²) in [7, 11) is 0. The predicted molar refractivity (Wildman–Crippen MR) is 75.8 cm³/mol. The number of ether oxygens (including phenoxy) is 1. The van der Waals surface area contributed by atoms with E-state index < -0.39 is 0 Å². The van der Waals surface area contributed by atoms with E-state index in [2.05, 4.69) is 26.2 Å². The van der Waals surface area contributed by atoms with Crippen LogP contribution >= 0.6 is 15.9 Å². The van der Waals surface area contributed by atoms with Crippen LogP contribution in [0.25, 0.3) is 0 Å². The van der Waals surface area contributed by atoms with Gasteiger partial charge in [0.25, 0.3) is 0 Å². The molecule has 0 spiro atoms. The molecule has 19 heavy (non-hydrogen) atoms. The molecule has 0 aliphatic heterocycles. The highest BCUT2D eigenvalue weighted by molar-refractivity contribution is 9.10. The maximum atomic E-state index is 13.3. The highest BCUT2D eigenvalue weighted by Crippen LogP contribution is 2.27. The molecule has 0 aliphatic rings. The number of halogens is 2. The fourth-order valence-corrected chi connectivity index (χ4v) is 2.07. The van der Waals surface area contributed by atoms with Crippen molar-refractivity contribution in [1.29, 1.82) is 0 Å². The van der Waals surface area contributed by atoms with Gasteiger partial charge in [0, 0.05) is 35.0 Å². The lowest BCUT2D eigenvalue weighted by atomic mass is 10.2. The third-order valence-corrected chi connectivity index (χ3v) is 2.95. The van der Waals surface area contributed by atoms with Gasteiger partial charge in [0.2, 0.25) is 0 Å². The Hall–Kier alpha value is -1.46. The molecule has 0 unspecified atom stereocenters. The third kappa shape index (κ3) is 4.01. The first-order valence-electron chi connectivity index (χ1n) is 5.96. The number of nitrogens with zero attached hydrogens (tertiary/aromatic N) is 1. The normalized spacial score (nSPS) is 10.5. The minimum Gasteiger partial charge on any atom is -0.457 e. The summed E-state index contributed by atoms with van der Waals surface area (Å²) in [6, 6.07) is 6.23. The molecule has 5 heteroatoms. The van der Waals surface area contributed by atoms with Gasteiger partial charge in [-0.3, -0.25) is 4.98 Å². The fraction of sp³-hybridized carbons (Fsp3) is 0.214. The van der Waals surface area contributed by atoms with Gasteiger partial charge in [-0.25, -0.2) is 4.39 Å². The number of hydrogen-bond acceptors (Lipinski definition) is 3. The SMILES string of the molecule is CCNCc1cnccc1Oc1cc(F)cc(Br)c1. The smallest absolute Gasteiger partial charge is 0.134 e. The van der Waals surface area contributed by atoms with Gasteiger partial charge in [-0.2, -0.15) is 0 Å². The van der Waals surface area contributed by atoms with Crippen molar-refractivity contribution in [2.24, 2.45) is 0 Å². The van der Waals surface area contributed by atoms with Gasteiger partial charge < -0.3 is 10.1 Å². The van der Waals surface area contributed by atoms with Crippen LogP contribution in [-0.4, -0.2) is 11.5 Å². The monoisotopic (exact) mass is 324 g/mol. The molecular weight excluding hydrogens is 311 g/mol. The summed E-state index contributed by atoms with van der Waals surface area (Å²) in [4.78, 5) is 4.07. The van der Waals surface area contributed by atoms with Crippen LogP contribution in [0.15, 0.2) is 41.1 Å². The maximum Gasteiger partial charge on any atom is 0.134 e. The molecule has 0 atom stereocenters. The Bertz CT molecular complexity index is 543. The zero-order valence-electron chi connectivity index (χ0n) is 10.5. The number of nitrogens with one attached hydrogen (secondary N) is 1. The molecular formula is C14H14BrFN2O. The quantitative estimate of drug-likeness (QED) is 0.906. The number of benzene rings is 1. The van der Waals surface area contributed by atoms with Crippen molar-refractivity contribution in [1.82, 2.24) is 10.3 Å². The van der Waals surface area contributed by atoms with E-state index in [0.717, 1.165) is 12.1 Å². The van der Waals surface area contributed by atoms with Crippen LogP contribution in [0, 0.1) is 5.82 Å². The Morgan fingerprint density at radius 3 is 2.95 bits per heavy atom. The third-order valence-electron chi connectivity index (χ3n) is 2.49. The number of rotatable bonds is 5. The minimum atomic E-state index is -0.341. The Morgan fingerprint density at radius 1 is 1.37 bits per heavy atom. The van der Waals surface area contributed by atoms with E-state index in [1.807, 2.05) is 6.92 Å². The fourth-order valence-electron chi connectivity index (χ4n) is 1.62. The molecule has 1 N–H and O–H groups in total. The summed E-state index contributed by atoms with van der Waals surface area (Å²) in [5.74, 6) is 0.788. The van der Waals surface area contributed by atoms with E-state index in [1.165, 1.54) is 12.1 Å². The van der Waals surface area contributed by atoms with Crippen LogP contribution in [-0.2, 0) is 6.54 Å². The topological polar surface area (TPSA) is 34.2 Å². The molecule has 3 nitrogen and oxygen atoms in total. The van der Waals surface area contributed by atoms with Crippen molar-refractivity contribution in [2.75, 3.05) is 6.54 Å². The molecule has 0 aliphatic carbocycles. The molecule has 0 saturated heterocycles. The second-order valence-corrected chi connectivity index (χ2v) is 4.89. The minimum absolute atomic E-state index is 0.341. The van der Waals surface area contributed by atoms with Gasteiger partial charge in [-0.1, -0.05) is 22.9 Å². The van der Waals surface area contributed by atoms with Crippen molar-refractivity contribution in [3.63, 3.8) is 0 Å². The predicted octanol–water partition coefficient (Wildman–Crippen LogP) is 3.89. The number of pyridine rings is 1. The van der Waals surface area contributed by atoms with E-state index in [1.54, 1.807) is 24.5 Å². The Kier molecular flexibility index (Phi) is 4.87. The molecule has 0 radical (unpaired) electrons. The van der Waals surface area contributed by atoms with E-state index in [-0.39, 0.29) is 5.82 Å². The van der Waals surface area contributed by atoms with E-state index in [0.29, 0.717) is 22.5 Å². The first-order valence-corrected chi connectivity index (χ1v) is 6.76. The summed E-state index contributed by atoms with van der Waals surface area (Å²) in [5.41, 5.74) is 0.935. The Labute approximate surface area is 119 Å². The molecule has 2 rings (SSSR count). The molecule has 1 heterocycles. The van der Waals surface area contributed by atoms with E-state index in [9.17, 15) is 4.39 Å². The van der Waals surface area contributed by atoms with Gasteiger partial charge in [0.1, 0.15) is 17.3 Å². The molecule has 0 saturated carbocycles. The molecule has 0 bridgehead atoms.